The number of ether oxygens (including phenoxy) is 1. The van der Waals surface area contributed by atoms with Crippen LogP contribution in [0.2, 0.25) is 0 Å². The first-order chi connectivity index (χ1) is 9.40. The Bertz CT molecular complexity index is 611. The predicted octanol–water partition coefficient (Wildman–Crippen LogP) is 2.10. The molecule has 108 valence electrons. The molecule has 1 amide bonds. The summed E-state index contributed by atoms with van der Waals surface area (Å²) >= 11 is 0. The quantitative estimate of drug-likeness (QED) is 0.929. The number of methoxy groups -OCH3 is 1. The second kappa shape index (κ2) is 5.63. The minimum atomic E-state index is -0.241. The van der Waals surface area contributed by atoms with Crippen molar-refractivity contribution in [1.29, 1.82) is 0 Å². The summed E-state index contributed by atoms with van der Waals surface area (Å²) in [6.07, 6.45) is 0. The van der Waals surface area contributed by atoms with Gasteiger partial charge in [-0.15, -0.1) is 0 Å². The number of carbonyl (C=O) groups is 1. The smallest absolute Gasteiger partial charge is 0.240 e. The second-order valence-electron chi connectivity index (χ2n) is 5.83. The van der Waals surface area contributed by atoms with E-state index in [4.69, 9.17) is 4.74 Å². The third-order valence-corrected chi connectivity index (χ3v) is 2.82. The summed E-state index contributed by atoms with van der Waals surface area (Å²) in [5.74, 6) is 0.732. The molecule has 0 spiro atoms. The van der Waals surface area contributed by atoms with Crippen molar-refractivity contribution in [3.8, 4) is 0 Å². The zero-order valence-corrected chi connectivity index (χ0v) is 12.4. The molecule has 0 bridgehead atoms. The third kappa shape index (κ3) is 3.36. The third-order valence-electron chi connectivity index (χ3n) is 2.82. The Balaban J connectivity index is 2.31. The molecule has 0 saturated heterocycles. The molecule has 1 aromatic carbocycles. The number of hydrogen-bond donors (Lipinski definition) is 1. The molecule has 5 nitrogen and oxygen atoms in total. The first kappa shape index (κ1) is 14.5. The molecule has 20 heavy (non-hydrogen) atoms. The lowest BCUT2D eigenvalue weighted by Crippen LogP contribution is -2.42. The van der Waals surface area contributed by atoms with Crippen molar-refractivity contribution in [2.24, 2.45) is 0 Å². The standard InChI is InChI=1S/C15H21N3O2/c1-15(2,3)17-14(19)9-18-12-8-6-5-7-11(12)16-13(18)10-20-4/h5-8H,9-10H2,1-4H3,(H,17,19). The molecule has 0 aliphatic heterocycles. The Morgan fingerprint density at radius 2 is 2.05 bits per heavy atom. The monoisotopic (exact) mass is 275 g/mol. The molecule has 5 heteroatoms. The lowest BCUT2D eigenvalue weighted by atomic mass is 10.1. The normalized spacial score (nSPS) is 11.8. The van der Waals surface area contributed by atoms with Crippen molar-refractivity contribution in [2.45, 2.75) is 39.5 Å². The van der Waals surface area contributed by atoms with E-state index in [1.807, 2.05) is 49.6 Å². The van der Waals surface area contributed by atoms with E-state index in [-0.39, 0.29) is 18.0 Å². The topological polar surface area (TPSA) is 56.2 Å². The molecule has 1 heterocycles. The van der Waals surface area contributed by atoms with Gasteiger partial charge in [0.2, 0.25) is 5.91 Å². The van der Waals surface area contributed by atoms with E-state index in [0.29, 0.717) is 6.61 Å². The van der Waals surface area contributed by atoms with Gasteiger partial charge in [0.05, 0.1) is 11.0 Å². The highest BCUT2D eigenvalue weighted by Crippen LogP contribution is 2.16. The van der Waals surface area contributed by atoms with Crippen LogP contribution in [0.15, 0.2) is 24.3 Å². The fourth-order valence-corrected chi connectivity index (χ4v) is 2.14. The number of carbonyl (C=O) groups excluding carboxylic acids is 1. The van der Waals surface area contributed by atoms with Crippen molar-refractivity contribution >= 4 is 16.9 Å². The van der Waals surface area contributed by atoms with Crippen LogP contribution in [0.4, 0.5) is 0 Å². The van der Waals surface area contributed by atoms with Crippen molar-refractivity contribution in [3.63, 3.8) is 0 Å². The number of hydrogen-bond acceptors (Lipinski definition) is 3. The number of rotatable bonds is 4. The van der Waals surface area contributed by atoms with Crippen LogP contribution in [-0.2, 0) is 22.7 Å². The number of para-hydroxylation sites is 2. The lowest BCUT2D eigenvalue weighted by molar-refractivity contribution is -0.123. The Labute approximate surface area is 118 Å². The number of fused-ring (bicyclic) bond motifs is 1. The minimum absolute atomic E-state index is 0.0296. The maximum atomic E-state index is 12.1. The molecular formula is C15H21N3O2. The number of imidazole rings is 1. The molecule has 0 atom stereocenters. The molecule has 0 aliphatic rings. The minimum Gasteiger partial charge on any atom is -0.377 e. The zero-order chi connectivity index (χ0) is 14.8. The van der Waals surface area contributed by atoms with Crippen LogP contribution >= 0.6 is 0 Å². The lowest BCUT2D eigenvalue weighted by Gasteiger charge is -2.21. The van der Waals surface area contributed by atoms with Gasteiger partial charge in [0, 0.05) is 12.6 Å². The van der Waals surface area contributed by atoms with Crippen molar-refractivity contribution in [3.05, 3.63) is 30.1 Å². The van der Waals surface area contributed by atoms with Crippen molar-refractivity contribution in [2.75, 3.05) is 7.11 Å². The van der Waals surface area contributed by atoms with Crippen molar-refractivity contribution < 1.29 is 9.53 Å². The van der Waals surface area contributed by atoms with Gasteiger partial charge in [0.25, 0.3) is 0 Å². The summed E-state index contributed by atoms with van der Waals surface area (Å²) in [7, 11) is 1.62. The Hall–Kier alpha value is -1.88. The summed E-state index contributed by atoms with van der Waals surface area (Å²) in [5.41, 5.74) is 1.58. The van der Waals surface area contributed by atoms with Gasteiger partial charge in [-0.05, 0) is 32.9 Å². The number of benzene rings is 1. The van der Waals surface area contributed by atoms with Crippen LogP contribution in [0, 0.1) is 0 Å². The zero-order valence-electron chi connectivity index (χ0n) is 12.4. The summed E-state index contributed by atoms with van der Waals surface area (Å²) in [5, 5.41) is 2.96. The molecule has 1 N–H and O–H groups in total. The van der Waals surface area contributed by atoms with Crippen LogP contribution in [0.5, 0.6) is 0 Å². The molecule has 0 aliphatic carbocycles. The van der Waals surface area contributed by atoms with E-state index in [9.17, 15) is 4.79 Å². The van der Waals surface area contributed by atoms with Crippen LogP contribution in [0.25, 0.3) is 11.0 Å². The van der Waals surface area contributed by atoms with Crippen LogP contribution in [-0.4, -0.2) is 28.1 Å². The SMILES string of the molecule is COCc1nc2ccccc2n1CC(=O)NC(C)(C)C. The average Bonchev–Trinajstić information content (AvgIpc) is 2.66. The van der Waals surface area contributed by atoms with E-state index in [0.717, 1.165) is 16.9 Å². The predicted molar refractivity (Wildman–Crippen MR) is 78.3 cm³/mol. The first-order valence-electron chi connectivity index (χ1n) is 6.65. The molecular weight excluding hydrogens is 254 g/mol. The summed E-state index contributed by atoms with van der Waals surface area (Å²) < 4.78 is 7.07. The van der Waals surface area contributed by atoms with Crippen LogP contribution in [0.3, 0.4) is 0 Å². The average molecular weight is 275 g/mol. The molecule has 0 fully saturated rings. The van der Waals surface area contributed by atoms with Crippen molar-refractivity contribution in [1.82, 2.24) is 14.9 Å². The highest BCUT2D eigenvalue weighted by Gasteiger charge is 2.17. The summed E-state index contributed by atoms with van der Waals surface area (Å²) in [4.78, 5) is 16.6. The van der Waals surface area contributed by atoms with Gasteiger partial charge in [0.1, 0.15) is 19.0 Å². The second-order valence-corrected chi connectivity index (χ2v) is 5.83. The molecule has 0 radical (unpaired) electrons. The Morgan fingerprint density at radius 1 is 1.35 bits per heavy atom. The van der Waals surface area contributed by atoms with Gasteiger partial charge in [-0.3, -0.25) is 4.79 Å². The van der Waals surface area contributed by atoms with Gasteiger partial charge in [-0.1, -0.05) is 12.1 Å². The molecule has 0 saturated carbocycles. The molecule has 2 aromatic rings. The molecule has 0 unspecified atom stereocenters. The van der Waals surface area contributed by atoms with E-state index in [2.05, 4.69) is 10.3 Å². The van der Waals surface area contributed by atoms with E-state index in [1.165, 1.54) is 0 Å². The van der Waals surface area contributed by atoms with E-state index < -0.39 is 0 Å². The number of nitrogens with one attached hydrogen (secondary N) is 1. The fourth-order valence-electron chi connectivity index (χ4n) is 2.14. The van der Waals surface area contributed by atoms with E-state index in [1.54, 1.807) is 7.11 Å². The van der Waals surface area contributed by atoms with Gasteiger partial charge in [0.15, 0.2) is 0 Å². The Kier molecular flexibility index (Phi) is 4.09. The number of aromatic nitrogens is 2. The highest BCUT2D eigenvalue weighted by atomic mass is 16.5. The first-order valence-corrected chi connectivity index (χ1v) is 6.65. The van der Waals surface area contributed by atoms with Crippen LogP contribution < -0.4 is 5.32 Å². The summed E-state index contributed by atoms with van der Waals surface area (Å²) in [6, 6.07) is 7.78. The summed E-state index contributed by atoms with van der Waals surface area (Å²) in [6.45, 7) is 6.53. The van der Waals surface area contributed by atoms with E-state index >= 15 is 0 Å². The molecule has 1 aromatic heterocycles. The largest absolute Gasteiger partial charge is 0.377 e. The fraction of sp³-hybridized carbons (Fsp3) is 0.467. The van der Waals surface area contributed by atoms with Gasteiger partial charge in [-0.2, -0.15) is 0 Å². The van der Waals surface area contributed by atoms with Gasteiger partial charge >= 0.3 is 0 Å². The van der Waals surface area contributed by atoms with Gasteiger partial charge < -0.3 is 14.6 Å². The number of nitrogens with zero attached hydrogens (tertiary/aromatic N) is 2. The number of amides is 1. The van der Waals surface area contributed by atoms with Gasteiger partial charge in [-0.25, -0.2) is 4.98 Å². The molecule has 2 rings (SSSR count). The van der Waals surface area contributed by atoms with Crippen LogP contribution in [0.1, 0.15) is 26.6 Å². The highest BCUT2D eigenvalue weighted by molar-refractivity contribution is 5.81. The maximum Gasteiger partial charge on any atom is 0.240 e. The Morgan fingerprint density at radius 3 is 2.70 bits per heavy atom. The maximum absolute atomic E-state index is 12.1.